The molecule has 1 heterocycles. The van der Waals surface area contributed by atoms with E-state index in [1.165, 1.54) is 0 Å². The zero-order valence-corrected chi connectivity index (χ0v) is 10.1. The highest BCUT2D eigenvalue weighted by Crippen LogP contribution is 2.42. The highest BCUT2D eigenvalue weighted by atomic mass is 16.3. The fraction of sp³-hybridized carbons (Fsp3) is 0.833. The second-order valence-electron chi connectivity index (χ2n) is 5.05. The van der Waals surface area contributed by atoms with Gasteiger partial charge in [0.1, 0.15) is 0 Å². The molecule has 0 aromatic rings. The van der Waals surface area contributed by atoms with Crippen molar-refractivity contribution in [3.63, 3.8) is 0 Å². The molecule has 0 spiro atoms. The van der Waals surface area contributed by atoms with Gasteiger partial charge in [0.2, 0.25) is 11.8 Å². The van der Waals surface area contributed by atoms with E-state index < -0.39 is 5.54 Å². The first-order valence-corrected chi connectivity index (χ1v) is 6.21. The summed E-state index contributed by atoms with van der Waals surface area (Å²) in [5, 5.41) is 18.9. The number of fused-ring (bicyclic) bond motifs is 1. The van der Waals surface area contributed by atoms with Gasteiger partial charge in [-0.25, -0.2) is 0 Å². The highest BCUT2D eigenvalue weighted by molar-refractivity contribution is 6.06. The van der Waals surface area contributed by atoms with Gasteiger partial charge in [-0.3, -0.25) is 14.5 Å². The molecule has 0 aromatic carbocycles. The largest absolute Gasteiger partial charge is 0.394 e. The van der Waals surface area contributed by atoms with Crippen LogP contribution in [0.15, 0.2) is 0 Å². The van der Waals surface area contributed by atoms with E-state index in [0.29, 0.717) is 6.42 Å². The maximum Gasteiger partial charge on any atom is 0.233 e. The van der Waals surface area contributed by atoms with Gasteiger partial charge in [0.15, 0.2) is 0 Å². The number of nitrogens with zero attached hydrogens (tertiary/aromatic N) is 1. The normalized spacial score (nSPS) is 29.0. The van der Waals surface area contributed by atoms with Gasteiger partial charge < -0.3 is 10.2 Å². The van der Waals surface area contributed by atoms with Gasteiger partial charge in [-0.2, -0.15) is 0 Å². The summed E-state index contributed by atoms with van der Waals surface area (Å²) in [7, 11) is 0. The predicted octanol–water partition coefficient (Wildman–Crippen LogP) is -0.0951. The maximum absolute atomic E-state index is 12.2. The summed E-state index contributed by atoms with van der Waals surface area (Å²) in [5.74, 6) is -0.844. The molecule has 1 aliphatic heterocycles. The molecule has 0 radical (unpaired) electrons. The van der Waals surface area contributed by atoms with Gasteiger partial charge in [-0.1, -0.05) is 13.3 Å². The zero-order chi connectivity index (χ0) is 12.6. The van der Waals surface area contributed by atoms with Crippen LogP contribution in [-0.4, -0.2) is 45.7 Å². The lowest BCUT2D eigenvalue weighted by atomic mass is 9.95. The van der Waals surface area contributed by atoms with Crippen LogP contribution in [0.25, 0.3) is 0 Å². The third-order valence-corrected chi connectivity index (χ3v) is 4.31. The van der Waals surface area contributed by atoms with Crippen LogP contribution in [0.1, 0.15) is 32.6 Å². The predicted molar refractivity (Wildman–Crippen MR) is 59.9 cm³/mol. The molecule has 2 fully saturated rings. The average molecular weight is 241 g/mol. The van der Waals surface area contributed by atoms with Gasteiger partial charge in [-0.15, -0.1) is 0 Å². The highest BCUT2D eigenvalue weighted by Gasteiger charge is 2.55. The van der Waals surface area contributed by atoms with Crippen molar-refractivity contribution in [1.82, 2.24) is 4.90 Å². The number of rotatable bonds is 4. The van der Waals surface area contributed by atoms with Crippen LogP contribution >= 0.6 is 0 Å². The fourth-order valence-electron chi connectivity index (χ4n) is 3.03. The molecule has 2 aliphatic rings. The van der Waals surface area contributed by atoms with Crippen LogP contribution < -0.4 is 0 Å². The average Bonchev–Trinajstić information content (AvgIpc) is 2.91. The van der Waals surface area contributed by atoms with Gasteiger partial charge in [-0.05, 0) is 19.3 Å². The first-order valence-electron chi connectivity index (χ1n) is 6.21. The molecule has 2 amide bonds. The molecule has 2 N–H and O–H groups in total. The molecule has 1 aliphatic carbocycles. The molecule has 5 heteroatoms. The monoisotopic (exact) mass is 241 g/mol. The summed E-state index contributed by atoms with van der Waals surface area (Å²) in [5.41, 5.74) is -1.11. The van der Waals surface area contributed by atoms with E-state index in [0.717, 1.165) is 24.2 Å². The molecule has 0 aromatic heterocycles. The summed E-state index contributed by atoms with van der Waals surface area (Å²) < 4.78 is 0. The second kappa shape index (κ2) is 4.38. The number of aliphatic hydroxyl groups is 2. The Hall–Kier alpha value is -0.940. The molecule has 1 saturated heterocycles. The third kappa shape index (κ3) is 1.60. The first-order chi connectivity index (χ1) is 8.11. The Morgan fingerprint density at radius 1 is 1.18 bits per heavy atom. The standard InChI is InChI=1S/C12H19NO4/c1-2-12(6-14,7-15)13-10(16)8-4-3-5-9(8)11(13)17/h8-9,14-15H,2-7H2,1H3. The topological polar surface area (TPSA) is 77.8 Å². The second-order valence-corrected chi connectivity index (χ2v) is 5.05. The number of amides is 2. The van der Waals surface area contributed by atoms with E-state index in [4.69, 9.17) is 0 Å². The summed E-state index contributed by atoms with van der Waals surface area (Å²) >= 11 is 0. The number of likely N-dealkylation sites (tertiary alicyclic amines) is 1. The van der Waals surface area contributed by atoms with E-state index in [-0.39, 0.29) is 36.9 Å². The van der Waals surface area contributed by atoms with Gasteiger partial charge in [0.25, 0.3) is 0 Å². The van der Waals surface area contributed by atoms with E-state index in [9.17, 15) is 19.8 Å². The van der Waals surface area contributed by atoms with Crippen molar-refractivity contribution in [2.75, 3.05) is 13.2 Å². The fourth-order valence-corrected chi connectivity index (χ4v) is 3.03. The minimum absolute atomic E-state index is 0.206. The zero-order valence-electron chi connectivity index (χ0n) is 10.1. The van der Waals surface area contributed by atoms with Crippen LogP contribution in [-0.2, 0) is 9.59 Å². The number of hydrogen-bond donors (Lipinski definition) is 2. The Morgan fingerprint density at radius 3 is 2.00 bits per heavy atom. The van der Waals surface area contributed by atoms with Crippen LogP contribution in [0.5, 0.6) is 0 Å². The molecule has 2 unspecified atom stereocenters. The van der Waals surface area contributed by atoms with E-state index >= 15 is 0 Å². The maximum atomic E-state index is 12.2. The minimum atomic E-state index is -1.11. The van der Waals surface area contributed by atoms with Gasteiger partial charge in [0, 0.05) is 0 Å². The number of carbonyl (C=O) groups is 2. The summed E-state index contributed by atoms with van der Waals surface area (Å²) in [6.07, 6.45) is 2.79. The van der Waals surface area contributed by atoms with Crippen LogP contribution in [0.3, 0.4) is 0 Å². The third-order valence-electron chi connectivity index (χ3n) is 4.31. The Bertz CT molecular complexity index is 307. The molecule has 0 bridgehead atoms. The number of imide groups is 1. The Kier molecular flexibility index (Phi) is 3.23. The minimum Gasteiger partial charge on any atom is -0.394 e. The van der Waals surface area contributed by atoms with Crippen molar-refractivity contribution >= 4 is 11.8 Å². The number of carbonyl (C=O) groups excluding carboxylic acids is 2. The molecule has 96 valence electrons. The smallest absolute Gasteiger partial charge is 0.233 e. The van der Waals surface area contributed by atoms with Crippen LogP contribution in [0.4, 0.5) is 0 Å². The quantitative estimate of drug-likeness (QED) is 0.674. The molecule has 1 saturated carbocycles. The van der Waals surface area contributed by atoms with Crippen molar-refractivity contribution in [2.45, 2.75) is 38.1 Å². The van der Waals surface area contributed by atoms with Crippen molar-refractivity contribution in [3.8, 4) is 0 Å². The molecule has 5 nitrogen and oxygen atoms in total. The van der Waals surface area contributed by atoms with Crippen LogP contribution in [0, 0.1) is 11.8 Å². The number of aliphatic hydroxyl groups excluding tert-OH is 2. The summed E-state index contributed by atoms with van der Waals surface area (Å²) in [4.78, 5) is 25.5. The van der Waals surface area contributed by atoms with Gasteiger partial charge >= 0.3 is 0 Å². The SMILES string of the molecule is CCC(CO)(CO)N1C(=O)C2CCCC2C1=O. The lowest BCUT2D eigenvalue weighted by Crippen LogP contribution is -2.57. The lowest BCUT2D eigenvalue weighted by molar-refractivity contribution is -0.152. The Morgan fingerprint density at radius 2 is 1.65 bits per heavy atom. The summed E-state index contributed by atoms with van der Waals surface area (Å²) in [6, 6.07) is 0. The molecular formula is C12H19NO4. The Balaban J connectivity index is 2.33. The van der Waals surface area contributed by atoms with Crippen molar-refractivity contribution < 1.29 is 19.8 Å². The van der Waals surface area contributed by atoms with Crippen molar-refractivity contribution in [3.05, 3.63) is 0 Å². The Labute approximate surface area is 100 Å². The lowest BCUT2D eigenvalue weighted by Gasteiger charge is -2.37. The van der Waals surface area contributed by atoms with Crippen LogP contribution in [0.2, 0.25) is 0 Å². The summed E-state index contributed by atoms with van der Waals surface area (Å²) in [6.45, 7) is 1.01. The molecule has 2 rings (SSSR count). The van der Waals surface area contributed by atoms with Gasteiger partial charge in [0.05, 0.1) is 30.6 Å². The van der Waals surface area contributed by atoms with E-state index in [1.807, 2.05) is 0 Å². The first kappa shape index (κ1) is 12.5. The van der Waals surface area contributed by atoms with Crippen molar-refractivity contribution in [1.29, 1.82) is 0 Å². The number of hydrogen-bond acceptors (Lipinski definition) is 4. The molecule has 2 atom stereocenters. The molecular weight excluding hydrogens is 222 g/mol. The van der Waals surface area contributed by atoms with E-state index in [1.54, 1.807) is 6.92 Å². The van der Waals surface area contributed by atoms with Crippen molar-refractivity contribution in [2.24, 2.45) is 11.8 Å². The van der Waals surface area contributed by atoms with E-state index in [2.05, 4.69) is 0 Å². The molecule has 17 heavy (non-hydrogen) atoms.